The summed E-state index contributed by atoms with van der Waals surface area (Å²) in [5, 5.41) is 0. The number of primary amides is 1. The van der Waals surface area contributed by atoms with E-state index in [-0.39, 0.29) is 11.4 Å². The van der Waals surface area contributed by atoms with E-state index in [1.807, 2.05) is 12.1 Å². The van der Waals surface area contributed by atoms with Crippen molar-refractivity contribution in [2.75, 3.05) is 39.4 Å². The van der Waals surface area contributed by atoms with E-state index in [4.69, 9.17) is 10.5 Å². The Morgan fingerprint density at radius 1 is 0.933 bits per heavy atom. The molecule has 2 N–H and O–H groups in total. The SMILES string of the molecule is NC(=O)Cc1ccc(CN2CCOCC23CCN(CCc2ccccc2)CC3)cc1. The van der Waals surface area contributed by atoms with Crippen molar-refractivity contribution in [2.45, 2.75) is 37.8 Å². The highest BCUT2D eigenvalue weighted by Crippen LogP contribution is 2.33. The first kappa shape index (κ1) is 21.0. The maximum atomic E-state index is 11.1. The molecule has 2 aromatic rings. The molecule has 2 aromatic carbocycles. The number of amides is 1. The van der Waals surface area contributed by atoms with Gasteiger partial charge in [-0.25, -0.2) is 0 Å². The Bertz CT molecular complexity index is 814. The van der Waals surface area contributed by atoms with Gasteiger partial charge in [-0.1, -0.05) is 54.6 Å². The molecule has 160 valence electrons. The number of morpholine rings is 1. The quantitative estimate of drug-likeness (QED) is 0.767. The molecule has 2 aliphatic heterocycles. The van der Waals surface area contributed by atoms with E-state index in [0.717, 1.165) is 70.8 Å². The maximum Gasteiger partial charge on any atom is 0.221 e. The van der Waals surface area contributed by atoms with Gasteiger partial charge in [0.05, 0.1) is 19.6 Å². The molecule has 5 heteroatoms. The molecule has 4 rings (SSSR count). The first-order valence-electron chi connectivity index (χ1n) is 11.1. The van der Waals surface area contributed by atoms with Crippen molar-refractivity contribution >= 4 is 5.91 Å². The van der Waals surface area contributed by atoms with Crippen LogP contribution in [-0.4, -0.2) is 60.6 Å². The first-order valence-corrected chi connectivity index (χ1v) is 11.1. The average Bonchev–Trinajstić information content (AvgIpc) is 2.77. The molecule has 1 spiro atoms. The summed E-state index contributed by atoms with van der Waals surface area (Å²) >= 11 is 0. The first-order chi connectivity index (χ1) is 14.6. The molecule has 0 aliphatic carbocycles. The van der Waals surface area contributed by atoms with Crippen molar-refractivity contribution in [3.8, 4) is 0 Å². The molecule has 0 unspecified atom stereocenters. The Hall–Kier alpha value is -2.21. The molecule has 30 heavy (non-hydrogen) atoms. The highest BCUT2D eigenvalue weighted by molar-refractivity contribution is 5.76. The van der Waals surface area contributed by atoms with Crippen molar-refractivity contribution < 1.29 is 9.53 Å². The zero-order valence-corrected chi connectivity index (χ0v) is 17.8. The summed E-state index contributed by atoms with van der Waals surface area (Å²) < 4.78 is 5.95. The van der Waals surface area contributed by atoms with Gasteiger partial charge >= 0.3 is 0 Å². The fourth-order valence-corrected chi connectivity index (χ4v) is 4.78. The summed E-state index contributed by atoms with van der Waals surface area (Å²) in [5.41, 5.74) is 9.14. The van der Waals surface area contributed by atoms with Crippen molar-refractivity contribution in [3.05, 3.63) is 71.3 Å². The number of nitrogens with two attached hydrogens (primary N) is 1. The smallest absolute Gasteiger partial charge is 0.221 e. The van der Waals surface area contributed by atoms with Crippen LogP contribution in [0.1, 0.15) is 29.5 Å². The van der Waals surface area contributed by atoms with E-state index in [0.29, 0.717) is 6.42 Å². The highest BCUT2D eigenvalue weighted by atomic mass is 16.5. The van der Waals surface area contributed by atoms with Crippen LogP contribution in [-0.2, 0) is 28.9 Å². The van der Waals surface area contributed by atoms with E-state index in [1.165, 1.54) is 11.1 Å². The molecule has 2 aliphatic rings. The van der Waals surface area contributed by atoms with Crippen molar-refractivity contribution in [3.63, 3.8) is 0 Å². The van der Waals surface area contributed by atoms with E-state index in [2.05, 4.69) is 52.3 Å². The second kappa shape index (κ2) is 9.73. The lowest BCUT2D eigenvalue weighted by atomic mass is 9.84. The van der Waals surface area contributed by atoms with Gasteiger partial charge in [0.15, 0.2) is 0 Å². The lowest BCUT2D eigenvalue weighted by molar-refractivity contribution is -0.117. The van der Waals surface area contributed by atoms with E-state index >= 15 is 0 Å². The Labute approximate surface area is 179 Å². The molecule has 0 radical (unpaired) electrons. The van der Waals surface area contributed by atoms with Gasteiger partial charge in [-0.15, -0.1) is 0 Å². The minimum absolute atomic E-state index is 0.146. The normalized spacial score (nSPS) is 19.7. The molecular weight excluding hydrogens is 374 g/mol. The fourth-order valence-electron chi connectivity index (χ4n) is 4.78. The van der Waals surface area contributed by atoms with Crippen LogP contribution < -0.4 is 5.73 Å². The van der Waals surface area contributed by atoms with Crippen LogP contribution in [0.5, 0.6) is 0 Å². The highest BCUT2D eigenvalue weighted by Gasteiger charge is 2.41. The molecule has 0 bridgehead atoms. The molecule has 2 saturated heterocycles. The third-order valence-corrected chi connectivity index (χ3v) is 6.67. The number of rotatable bonds is 7. The molecule has 0 aromatic heterocycles. The predicted octanol–water partition coefficient (Wildman–Crippen LogP) is 2.62. The molecule has 2 heterocycles. The molecule has 0 atom stereocenters. The standard InChI is InChI=1S/C25H33N3O2/c26-24(29)18-22-6-8-23(9-7-22)19-28-16-17-30-20-25(28)11-14-27(15-12-25)13-10-21-4-2-1-3-5-21/h1-9H,10-20H2,(H2,26,29). The van der Waals surface area contributed by atoms with Gasteiger partial charge in [-0.3, -0.25) is 9.69 Å². The third kappa shape index (κ3) is 5.28. The van der Waals surface area contributed by atoms with Gasteiger partial charge in [0.2, 0.25) is 5.91 Å². The van der Waals surface area contributed by atoms with Gasteiger partial charge in [0.25, 0.3) is 0 Å². The molecule has 1 amide bonds. The number of piperidine rings is 1. The molecule has 2 fully saturated rings. The third-order valence-electron chi connectivity index (χ3n) is 6.67. The molecular formula is C25H33N3O2. The summed E-state index contributed by atoms with van der Waals surface area (Å²) in [4.78, 5) is 16.4. The van der Waals surface area contributed by atoms with Crippen LogP contribution in [0.2, 0.25) is 0 Å². The fraction of sp³-hybridized carbons (Fsp3) is 0.480. The van der Waals surface area contributed by atoms with Gasteiger partial charge in [-0.2, -0.15) is 0 Å². The number of hydrogen-bond donors (Lipinski definition) is 1. The van der Waals surface area contributed by atoms with Crippen LogP contribution in [0.4, 0.5) is 0 Å². The molecule has 5 nitrogen and oxygen atoms in total. The van der Waals surface area contributed by atoms with Crippen LogP contribution in [0.3, 0.4) is 0 Å². The topological polar surface area (TPSA) is 58.8 Å². The maximum absolute atomic E-state index is 11.1. The summed E-state index contributed by atoms with van der Waals surface area (Å²) in [6.07, 6.45) is 3.73. The number of likely N-dealkylation sites (tertiary alicyclic amines) is 1. The second-order valence-corrected chi connectivity index (χ2v) is 8.74. The zero-order chi connectivity index (χ0) is 20.8. The summed E-state index contributed by atoms with van der Waals surface area (Å²) in [6, 6.07) is 19.1. The van der Waals surface area contributed by atoms with E-state index in [9.17, 15) is 4.79 Å². The average molecular weight is 408 g/mol. The Kier molecular flexibility index (Phi) is 6.82. The number of carbonyl (C=O) groups is 1. The lowest BCUT2D eigenvalue weighted by Gasteiger charge is -2.51. The van der Waals surface area contributed by atoms with Crippen LogP contribution in [0.15, 0.2) is 54.6 Å². The predicted molar refractivity (Wildman–Crippen MR) is 119 cm³/mol. The number of nitrogens with zero attached hydrogens (tertiary/aromatic N) is 2. The Morgan fingerprint density at radius 3 is 2.33 bits per heavy atom. The van der Waals surface area contributed by atoms with Crippen molar-refractivity contribution in [1.29, 1.82) is 0 Å². The Morgan fingerprint density at radius 2 is 1.63 bits per heavy atom. The summed E-state index contributed by atoms with van der Waals surface area (Å²) in [7, 11) is 0. The Balaban J connectivity index is 1.33. The van der Waals surface area contributed by atoms with Crippen LogP contribution in [0, 0.1) is 0 Å². The van der Waals surface area contributed by atoms with Crippen LogP contribution >= 0.6 is 0 Å². The van der Waals surface area contributed by atoms with Gasteiger partial charge in [-0.05, 0) is 49.0 Å². The summed E-state index contributed by atoms with van der Waals surface area (Å²) in [5.74, 6) is -0.283. The van der Waals surface area contributed by atoms with Gasteiger partial charge in [0, 0.05) is 25.2 Å². The van der Waals surface area contributed by atoms with E-state index in [1.54, 1.807) is 0 Å². The minimum Gasteiger partial charge on any atom is -0.378 e. The lowest BCUT2D eigenvalue weighted by Crippen LogP contribution is -2.61. The zero-order valence-electron chi connectivity index (χ0n) is 17.8. The number of ether oxygens (including phenoxy) is 1. The minimum atomic E-state index is -0.283. The largest absolute Gasteiger partial charge is 0.378 e. The monoisotopic (exact) mass is 407 g/mol. The second-order valence-electron chi connectivity index (χ2n) is 8.74. The van der Waals surface area contributed by atoms with Gasteiger partial charge in [0.1, 0.15) is 0 Å². The van der Waals surface area contributed by atoms with Crippen LogP contribution in [0.25, 0.3) is 0 Å². The number of hydrogen-bond acceptors (Lipinski definition) is 4. The van der Waals surface area contributed by atoms with Crippen molar-refractivity contribution in [1.82, 2.24) is 9.80 Å². The van der Waals surface area contributed by atoms with Crippen molar-refractivity contribution in [2.24, 2.45) is 5.73 Å². The molecule has 0 saturated carbocycles. The van der Waals surface area contributed by atoms with Gasteiger partial charge < -0.3 is 15.4 Å². The number of benzene rings is 2. The summed E-state index contributed by atoms with van der Waals surface area (Å²) in [6.45, 7) is 6.94. The number of carbonyl (C=O) groups excluding carboxylic acids is 1. The van der Waals surface area contributed by atoms with E-state index < -0.39 is 0 Å².